The van der Waals surface area contributed by atoms with Crippen molar-refractivity contribution in [2.75, 3.05) is 0 Å². The molecule has 0 fully saturated rings. The number of hydrogen-bond acceptors (Lipinski definition) is 1. The molecule has 0 aliphatic heterocycles. The fraction of sp³-hybridized carbons (Fsp3) is 0. The quantitative estimate of drug-likeness (QED) is 0.282. The van der Waals surface area contributed by atoms with E-state index in [0.29, 0.717) is 0 Å². The molecule has 6 aromatic rings. The molecule has 0 aliphatic carbocycles. The second kappa shape index (κ2) is 7.14. The Morgan fingerprint density at radius 3 is 1.72 bits per heavy atom. The van der Waals surface area contributed by atoms with E-state index in [2.05, 4.69) is 83.8 Å². The Balaban J connectivity index is 0.000000128. The van der Waals surface area contributed by atoms with Crippen molar-refractivity contribution in [2.45, 2.75) is 0 Å². The summed E-state index contributed by atoms with van der Waals surface area (Å²) >= 11 is 0. The Kier molecular flexibility index (Phi) is 4.20. The minimum atomic E-state index is 0.739. The number of para-hydroxylation sites is 2. The van der Waals surface area contributed by atoms with Crippen molar-refractivity contribution in [3.63, 3.8) is 0 Å². The fourth-order valence-electron chi connectivity index (χ4n) is 3.86. The van der Waals surface area contributed by atoms with E-state index in [-0.39, 0.29) is 0 Å². The summed E-state index contributed by atoms with van der Waals surface area (Å²) in [6.45, 7) is 0. The van der Waals surface area contributed by atoms with Crippen molar-refractivity contribution in [2.24, 2.45) is 0 Å². The van der Waals surface area contributed by atoms with Gasteiger partial charge in [0.25, 0.3) is 0 Å². The van der Waals surface area contributed by atoms with Crippen LogP contribution in [0.1, 0.15) is 5.56 Å². The lowest BCUT2D eigenvalue weighted by molar-refractivity contribution is 1.50. The van der Waals surface area contributed by atoms with Crippen LogP contribution in [0.5, 0.6) is 0 Å². The molecule has 0 amide bonds. The molecule has 2 heteroatoms. The van der Waals surface area contributed by atoms with Gasteiger partial charge in [0.1, 0.15) is 0 Å². The first-order valence-corrected chi connectivity index (χ1v) is 9.60. The summed E-state index contributed by atoms with van der Waals surface area (Å²) in [5.41, 5.74) is 3.16. The smallest absolute Gasteiger partial charge is 0.0998 e. The molecule has 2 nitrogen and oxygen atoms in total. The predicted octanol–water partition coefficient (Wildman–Crippen LogP) is 7.19. The largest absolute Gasteiger partial charge is 0.355 e. The maximum atomic E-state index is 9.06. The van der Waals surface area contributed by atoms with E-state index >= 15 is 0 Å². The molecule has 0 aliphatic rings. The zero-order valence-corrected chi connectivity index (χ0v) is 15.8. The summed E-state index contributed by atoms with van der Waals surface area (Å²) in [6.07, 6.45) is 0. The zero-order chi connectivity index (χ0) is 19.6. The van der Waals surface area contributed by atoms with Crippen LogP contribution >= 0.6 is 0 Å². The van der Waals surface area contributed by atoms with Gasteiger partial charge in [-0.25, -0.2) is 0 Å². The molecule has 0 unspecified atom stereocenters. The van der Waals surface area contributed by atoms with Gasteiger partial charge in [0, 0.05) is 27.2 Å². The molecular weight excluding hydrogens is 352 g/mol. The van der Waals surface area contributed by atoms with Crippen LogP contribution in [-0.4, -0.2) is 4.98 Å². The van der Waals surface area contributed by atoms with Gasteiger partial charge in [-0.2, -0.15) is 5.26 Å². The van der Waals surface area contributed by atoms with E-state index in [9.17, 15) is 0 Å². The van der Waals surface area contributed by atoms with Crippen LogP contribution < -0.4 is 0 Å². The first kappa shape index (κ1) is 17.0. The summed E-state index contributed by atoms with van der Waals surface area (Å²) in [5.74, 6) is 0. The summed E-state index contributed by atoms with van der Waals surface area (Å²) in [6, 6.07) is 37.2. The fourth-order valence-corrected chi connectivity index (χ4v) is 3.86. The van der Waals surface area contributed by atoms with Crippen LogP contribution in [-0.2, 0) is 0 Å². The van der Waals surface area contributed by atoms with Crippen molar-refractivity contribution < 1.29 is 0 Å². The Labute approximate surface area is 168 Å². The number of nitrogens with zero attached hydrogens (tertiary/aromatic N) is 1. The molecule has 0 radical (unpaired) electrons. The molecule has 5 aromatic carbocycles. The Morgan fingerprint density at radius 1 is 0.517 bits per heavy atom. The molecule has 136 valence electrons. The molecule has 6 rings (SSSR count). The van der Waals surface area contributed by atoms with Gasteiger partial charge < -0.3 is 4.98 Å². The molecule has 1 aromatic heterocycles. The number of H-pyrrole nitrogens is 1. The van der Waals surface area contributed by atoms with Crippen LogP contribution in [0, 0.1) is 11.3 Å². The van der Waals surface area contributed by atoms with E-state index in [0.717, 1.165) is 16.3 Å². The van der Waals surface area contributed by atoms with Crippen molar-refractivity contribution in [3.05, 3.63) is 109 Å². The molecule has 1 heterocycles. The van der Waals surface area contributed by atoms with Gasteiger partial charge in [-0.15, -0.1) is 0 Å². The normalized spacial score (nSPS) is 10.7. The minimum Gasteiger partial charge on any atom is -0.355 e. The molecule has 0 saturated carbocycles. The Morgan fingerprint density at radius 2 is 1.07 bits per heavy atom. The number of aromatic amines is 1. The lowest BCUT2D eigenvalue weighted by atomic mass is 10.0. The third-order valence-electron chi connectivity index (χ3n) is 5.28. The van der Waals surface area contributed by atoms with Crippen LogP contribution in [0.15, 0.2) is 103 Å². The van der Waals surface area contributed by atoms with Crippen LogP contribution in [0.4, 0.5) is 0 Å². The van der Waals surface area contributed by atoms with Gasteiger partial charge in [0.2, 0.25) is 0 Å². The second-order valence-corrected chi connectivity index (χ2v) is 7.05. The first-order valence-electron chi connectivity index (χ1n) is 9.60. The number of rotatable bonds is 0. The topological polar surface area (TPSA) is 39.6 Å². The van der Waals surface area contributed by atoms with Gasteiger partial charge in [0.15, 0.2) is 0 Å². The van der Waals surface area contributed by atoms with Crippen LogP contribution in [0.2, 0.25) is 0 Å². The van der Waals surface area contributed by atoms with E-state index in [1.165, 1.54) is 32.6 Å². The summed E-state index contributed by atoms with van der Waals surface area (Å²) in [4.78, 5) is 3.38. The standard InChI is InChI=1S/C15H9N.C12H9N/c16-10-14-7-3-6-13-8-11-4-1-2-5-12(11)9-15(13)14;1-3-7-11-9(5-1)10-6-2-4-8-12(10)13-11/h1-9H;1-8,13H. The van der Waals surface area contributed by atoms with Gasteiger partial charge in [-0.1, -0.05) is 72.8 Å². The summed E-state index contributed by atoms with van der Waals surface area (Å²) in [7, 11) is 0. The summed E-state index contributed by atoms with van der Waals surface area (Å²) < 4.78 is 0. The van der Waals surface area contributed by atoms with Gasteiger partial charge in [0.05, 0.1) is 11.6 Å². The molecule has 0 spiro atoms. The highest BCUT2D eigenvalue weighted by Gasteiger charge is 2.02. The van der Waals surface area contributed by atoms with E-state index in [1.807, 2.05) is 30.3 Å². The van der Waals surface area contributed by atoms with Crippen LogP contribution in [0.25, 0.3) is 43.4 Å². The van der Waals surface area contributed by atoms with Gasteiger partial charge in [-0.3, -0.25) is 0 Å². The number of aromatic nitrogens is 1. The lowest BCUT2D eigenvalue weighted by Crippen LogP contribution is -1.80. The van der Waals surface area contributed by atoms with Crippen molar-refractivity contribution in [3.8, 4) is 6.07 Å². The Bertz CT molecular complexity index is 1470. The highest BCUT2D eigenvalue weighted by Crippen LogP contribution is 2.25. The Hall–Kier alpha value is -4.09. The third-order valence-corrected chi connectivity index (χ3v) is 5.28. The number of nitriles is 1. The van der Waals surface area contributed by atoms with Crippen molar-refractivity contribution in [1.29, 1.82) is 5.26 Å². The number of fused-ring (bicyclic) bond motifs is 5. The van der Waals surface area contributed by atoms with Crippen molar-refractivity contribution in [1.82, 2.24) is 4.98 Å². The monoisotopic (exact) mass is 370 g/mol. The molecule has 1 N–H and O–H groups in total. The predicted molar refractivity (Wildman–Crippen MR) is 122 cm³/mol. The highest BCUT2D eigenvalue weighted by molar-refractivity contribution is 6.07. The average Bonchev–Trinajstić information content (AvgIpc) is 3.16. The molecule has 29 heavy (non-hydrogen) atoms. The number of benzene rings is 5. The maximum absolute atomic E-state index is 9.06. The number of nitrogens with one attached hydrogen (secondary N) is 1. The van der Waals surface area contributed by atoms with E-state index in [4.69, 9.17) is 5.26 Å². The van der Waals surface area contributed by atoms with E-state index in [1.54, 1.807) is 0 Å². The SMILES string of the molecule is N#Cc1cccc2cc3ccccc3cc12.c1ccc2c(c1)[nH]c1ccccc12. The van der Waals surface area contributed by atoms with Gasteiger partial charge >= 0.3 is 0 Å². The van der Waals surface area contributed by atoms with Crippen molar-refractivity contribution >= 4 is 43.4 Å². The van der Waals surface area contributed by atoms with Gasteiger partial charge in [-0.05, 0) is 46.5 Å². The zero-order valence-electron chi connectivity index (χ0n) is 15.8. The molecule has 0 saturated heterocycles. The summed E-state index contributed by atoms with van der Waals surface area (Å²) in [5, 5.41) is 16.2. The minimum absolute atomic E-state index is 0.739. The lowest BCUT2D eigenvalue weighted by Gasteiger charge is -2.03. The maximum Gasteiger partial charge on any atom is 0.0998 e. The molecule has 0 atom stereocenters. The van der Waals surface area contributed by atoms with Crippen LogP contribution in [0.3, 0.4) is 0 Å². The highest BCUT2D eigenvalue weighted by atomic mass is 14.7. The third kappa shape index (κ3) is 3.09. The molecular formula is C27H18N2. The first-order chi connectivity index (χ1) is 14.3. The number of hydrogen-bond donors (Lipinski definition) is 1. The molecule has 0 bridgehead atoms. The second-order valence-electron chi connectivity index (χ2n) is 7.05. The average molecular weight is 370 g/mol. The van der Waals surface area contributed by atoms with E-state index < -0.39 is 0 Å².